The lowest BCUT2D eigenvalue weighted by molar-refractivity contribution is -0.253. The zero-order valence-corrected chi connectivity index (χ0v) is 13.7. The maximum absolute atomic E-state index is 11.2. The van der Waals surface area contributed by atoms with Crippen molar-refractivity contribution in [1.82, 2.24) is 0 Å². The van der Waals surface area contributed by atoms with E-state index in [0.29, 0.717) is 6.42 Å². The fourth-order valence-corrected chi connectivity index (χ4v) is 1.06. The molecular formula is C15H30O4. The summed E-state index contributed by atoms with van der Waals surface area (Å²) >= 11 is 0. The average Bonchev–Trinajstić information content (AvgIpc) is 2.23. The van der Waals surface area contributed by atoms with E-state index in [1.165, 1.54) is 0 Å². The van der Waals surface area contributed by atoms with E-state index >= 15 is 0 Å². The van der Waals surface area contributed by atoms with Crippen molar-refractivity contribution in [2.45, 2.75) is 73.7 Å². The molecule has 0 aromatic carbocycles. The van der Waals surface area contributed by atoms with Crippen molar-refractivity contribution >= 4 is 5.97 Å². The fourth-order valence-electron chi connectivity index (χ4n) is 1.06. The number of aliphatic hydroxyl groups is 1. The molecule has 0 aliphatic rings. The van der Waals surface area contributed by atoms with Gasteiger partial charge in [-0.1, -0.05) is 41.5 Å². The van der Waals surface area contributed by atoms with Crippen molar-refractivity contribution in [2.75, 3.05) is 6.61 Å². The molecule has 1 N–H and O–H groups in total. The molecule has 1 unspecified atom stereocenters. The molecule has 4 nitrogen and oxygen atoms in total. The van der Waals surface area contributed by atoms with E-state index in [0.717, 1.165) is 0 Å². The van der Waals surface area contributed by atoms with Crippen molar-refractivity contribution in [3.63, 3.8) is 0 Å². The van der Waals surface area contributed by atoms with E-state index in [2.05, 4.69) is 20.8 Å². The maximum Gasteiger partial charge on any atom is 0.305 e. The Balaban J connectivity index is 4.63. The highest BCUT2D eigenvalue weighted by molar-refractivity contribution is 5.68. The average molecular weight is 274 g/mol. The predicted octanol–water partition coefficient (Wildman–Crippen LogP) is 3.13. The normalized spacial score (nSPS) is 15.2. The first kappa shape index (κ1) is 18.4. The largest absolute Gasteiger partial charge is 0.465 e. The van der Waals surface area contributed by atoms with Crippen LogP contribution >= 0.6 is 0 Å². The molecule has 0 radical (unpaired) electrons. The molecule has 114 valence electrons. The number of esters is 1. The third-order valence-corrected chi connectivity index (χ3v) is 3.77. The summed E-state index contributed by atoms with van der Waals surface area (Å²) in [6.45, 7) is 15.6. The topological polar surface area (TPSA) is 55.8 Å². The van der Waals surface area contributed by atoms with Crippen LogP contribution in [0.25, 0.3) is 0 Å². The summed E-state index contributed by atoms with van der Waals surface area (Å²) in [5.74, 6) is -0.268. The molecule has 0 amide bonds. The Morgan fingerprint density at radius 2 is 1.58 bits per heavy atom. The summed E-state index contributed by atoms with van der Waals surface area (Å²) in [4.78, 5) is 11.2. The van der Waals surface area contributed by atoms with Crippen LogP contribution in [-0.4, -0.2) is 29.6 Å². The second-order valence-corrected chi connectivity index (χ2v) is 7.23. The molecule has 1 atom stereocenters. The van der Waals surface area contributed by atoms with Crippen molar-refractivity contribution in [2.24, 2.45) is 10.8 Å². The van der Waals surface area contributed by atoms with E-state index in [4.69, 9.17) is 9.47 Å². The Bertz CT molecular complexity index is 300. The second kappa shape index (κ2) is 6.23. The van der Waals surface area contributed by atoms with Gasteiger partial charge in [0.25, 0.3) is 0 Å². The third kappa shape index (κ3) is 5.49. The van der Waals surface area contributed by atoms with Gasteiger partial charge in [0.2, 0.25) is 0 Å². The third-order valence-electron chi connectivity index (χ3n) is 3.77. The van der Waals surface area contributed by atoms with Gasteiger partial charge in [0.15, 0.2) is 6.29 Å². The number of hydrogen-bond acceptors (Lipinski definition) is 4. The van der Waals surface area contributed by atoms with Crippen LogP contribution in [0, 0.1) is 10.8 Å². The lowest BCUT2D eigenvalue weighted by Gasteiger charge is -2.43. The van der Waals surface area contributed by atoms with E-state index in [9.17, 15) is 9.90 Å². The highest BCUT2D eigenvalue weighted by atomic mass is 16.6. The Kier molecular flexibility index (Phi) is 6.03. The van der Waals surface area contributed by atoms with Crippen LogP contribution in [-0.2, 0) is 14.3 Å². The van der Waals surface area contributed by atoms with Gasteiger partial charge >= 0.3 is 5.97 Å². The Morgan fingerprint density at radius 3 is 1.95 bits per heavy atom. The van der Waals surface area contributed by atoms with E-state index in [1.807, 2.05) is 27.7 Å². The summed E-state index contributed by atoms with van der Waals surface area (Å²) in [6.07, 6.45) is -0.660. The predicted molar refractivity (Wildman–Crippen MR) is 75.7 cm³/mol. The van der Waals surface area contributed by atoms with Crippen LogP contribution < -0.4 is 0 Å². The zero-order valence-electron chi connectivity index (χ0n) is 13.7. The summed E-state index contributed by atoms with van der Waals surface area (Å²) in [6, 6.07) is 0. The van der Waals surface area contributed by atoms with Gasteiger partial charge in [0.05, 0.1) is 5.60 Å². The fraction of sp³-hybridized carbons (Fsp3) is 0.933. The monoisotopic (exact) mass is 274 g/mol. The van der Waals surface area contributed by atoms with Gasteiger partial charge in [0, 0.05) is 11.8 Å². The molecule has 0 aromatic heterocycles. The number of carbonyl (C=O) groups excluding carboxylic acids is 1. The molecule has 19 heavy (non-hydrogen) atoms. The van der Waals surface area contributed by atoms with Crippen molar-refractivity contribution in [3.05, 3.63) is 0 Å². The van der Waals surface area contributed by atoms with Gasteiger partial charge in [-0.25, -0.2) is 0 Å². The number of rotatable bonds is 6. The molecule has 0 aliphatic heterocycles. The van der Waals surface area contributed by atoms with Crippen molar-refractivity contribution in [3.8, 4) is 0 Å². The van der Waals surface area contributed by atoms with Crippen LogP contribution in [0.1, 0.15) is 61.8 Å². The molecule has 0 bridgehead atoms. The number of hydrogen-bond donors (Lipinski definition) is 1. The maximum atomic E-state index is 11.2. The molecular weight excluding hydrogens is 244 g/mol. The molecule has 0 fully saturated rings. The summed E-state index contributed by atoms with van der Waals surface area (Å²) in [5, 5.41) is 10.2. The van der Waals surface area contributed by atoms with Crippen LogP contribution in [0.4, 0.5) is 0 Å². The van der Waals surface area contributed by atoms with E-state index in [1.54, 1.807) is 6.92 Å². The van der Waals surface area contributed by atoms with Gasteiger partial charge in [0.1, 0.15) is 6.61 Å². The molecule has 0 aromatic rings. The number of aliphatic hydroxyl groups excluding tert-OH is 1. The van der Waals surface area contributed by atoms with Crippen LogP contribution in [0.2, 0.25) is 0 Å². The van der Waals surface area contributed by atoms with Crippen molar-refractivity contribution < 1.29 is 19.4 Å². The lowest BCUT2D eigenvalue weighted by atomic mass is 9.78. The molecule has 0 spiro atoms. The van der Waals surface area contributed by atoms with Crippen molar-refractivity contribution in [1.29, 1.82) is 0 Å². The van der Waals surface area contributed by atoms with Crippen LogP contribution in [0.5, 0.6) is 0 Å². The van der Waals surface area contributed by atoms with Crippen LogP contribution in [0.15, 0.2) is 0 Å². The first-order valence-electron chi connectivity index (χ1n) is 6.85. The number of carbonyl (C=O) groups is 1. The quantitative estimate of drug-likeness (QED) is 0.597. The molecule has 0 rings (SSSR count). The van der Waals surface area contributed by atoms with E-state index in [-0.39, 0.29) is 18.0 Å². The summed E-state index contributed by atoms with van der Waals surface area (Å²) in [7, 11) is 0. The standard InChI is InChI=1S/C15H30O4/c1-9-11(16)18-10-14(5,6)12(17)19-15(7,8)13(2,3)4/h12,17H,9-10H2,1-8H3. The second-order valence-electron chi connectivity index (χ2n) is 7.23. The summed E-state index contributed by atoms with van der Waals surface area (Å²) in [5.41, 5.74) is -1.24. The molecule has 0 saturated heterocycles. The van der Waals surface area contributed by atoms with Gasteiger partial charge < -0.3 is 14.6 Å². The lowest BCUT2D eigenvalue weighted by Crippen LogP contribution is -2.47. The minimum Gasteiger partial charge on any atom is -0.465 e. The molecule has 0 heterocycles. The first-order valence-corrected chi connectivity index (χ1v) is 6.85. The van der Waals surface area contributed by atoms with Gasteiger partial charge in [-0.2, -0.15) is 0 Å². The van der Waals surface area contributed by atoms with Gasteiger partial charge in [-0.3, -0.25) is 4.79 Å². The van der Waals surface area contributed by atoms with E-state index < -0.39 is 17.3 Å². The van der Waals surface area contributed by atoms with Gasteiger partial charge in [-0.05, 0) is 19.3 Å². The minimum absolute atomic E-state index is 0.107. The SMILES string of the molecule is CCC(=O)OCC(C)(C)C(O)OC(C)(C)C(C)(C)C. The molecule has 0 saturated carbocycles. The van der Waals surface area contributed by atoms with Gasteiger partial charge in [-0.15, -0.1) is 0 Å². The zero-order chi connectivity index (χ0) is 15.5. The smallest absolute Gasteiger partial charge is 0.305 e. The first-order chi connectivity index (χ1) is 8.33. The van der Waals surface area contributed by atoms with Crippen LogP contribution in [0.3, 0.4) is 0 Å². The highest BCUT2D eigenvalue weighted by Gasteiger charge is 2.40. The summed E-state index contributed by atoms with van der Waals surface area (Å²) < 4.78 is 10.9. The number of ether oxygens (including phenoxy) is 2. The Morgan fingerprint density at radius 1 is 1.11 bits per heavy atom. The molecule has 0 aliphatic carbocycles. The highest BCUT2D eigenvalue weighted by Crippen LogP contribution is 2.36. The Hall–Kier alpha value is -0.610. The molecule has 4 heteroatoms. The minimum atomic E-state index is -0.994. The Labute approximate surface area is 117 Å².